The van der Waals surface area contributed by atoms with Gasteiger partial charge in [0.2, 0.25) is 0 Å². The van der Waals surface area contributed by atoms with E-state index < -0.39 is 5.54 Å². The smallest absolute Gasteiger partial charge is 0.660 e. The molecule has 0 aromatic heterocycles. The van der Waals surface area contributed by atoms with Crippen molar-refractivity contribution >= 4 is 11.6 Å². The molecule has 3 N–H and O–H groups in total. The number of benzene rings is 2. The molecule has 0 saturated carbocycles. The summed E-state index contributed by atoms with van der Waals surface area (Å²) < 4.78 is 0. The molecule has 1 fully saturated rings. The molecule has 1 aliphatic heterocycles. The number of nitrogens with two attached hydrogens (primary N) is 1. The van der Waals surface area contributed by atoms with Gasteiger partial charge in [0.1, 0.15) is 0 Å². The quantitative estimate of drug-likeness (QED) is 0.368. The predicted octanol–water partition coefficient (Wildman–Crippen LogP) is 5.11. The third-order valence-electron chi connectivity index (χ3n) is 7.39. The Morgan fingerprint density at radius 1 is 1.07 bits per heavy atom. The zero-order valence-electron chi connectivity index (χ0n) is 25.5. The Balaban J connectivity index is 0.000000885. The molecule has 1 aliphatic carbocycles. The molecule has 2 aromatic carbocycles. The third kappa shape index (κ3) is 12.3. The number of nitrogens with zero attached hydrogens (tertiary/aromatic N) is 2. The van der Waals surface area contributed by atoms with E-state index in [1.807, 2.05) is 36.4 Å². The molecule has 211 valence electrons. The van der Waals surface area contributed by atoms with Gasteiger partial charge in [0.05, 0.1) is 0 Å². The molecule has 7 heteroatoms. The number of allylic oxidation sites excluding steroid dienone is 3. The average Bonchev–Trinajstić information content (AvgIpc) is 2.92. The molecule has 40 heavy (non-hydrogen) atoms. The Labute approximate surface area is 333 Å². The van der Waals surface area contributed by atoms with Gasteiger partial charge in [-0.3, -0.25) is 0 Å². The monoisotopic (exact) mass is 755 g/mol. The van der Waals surface area contributed by atoms with Gasteiger partial charge in [-0.25, -0.2) is 0 Å². The number of hydrogen-bond acceptors (Lipinski definition) is 2. The fraction of sp³-hybridized carbons (Fsp3) is 0.515. The van der Waals surface area contributed by atoms with Crippen LogP contribution in [0.3, 0.4) is 0 Å². The molecule has 2 aromatic rings. The van der Waals surface area contributed by atoms with Gasteiger partial charge >= 0.3 is 68.9 Å². The number of piperazine rings is 1. The molecule has 4 nitrogen and oxygen atoms in total. The molecule has 3 atom stereocenters. The second kappa shape index (κ2) is 19.6. The zero-order chi connectivity index (χ0) is 27.6. The molecular formula is C33H46ClCsN4Y-2. The SMILES string of the molecule is C1CNCC[N-]1.CCCC1=CC(C(C)(C)C)=CCC1C[N-]C(c1ccc(Cl)cc1)C(C)(N)c1cc[c-]cc1.[Cs+].[Y]. The second-order valence-corrected chi connectivity index (χ2v) is 12.1. The first-order valence-electron chi connectivity index (χ1n) is 14.1. The minimum Gasteiger partial charge on any atom is -0.660 e. The standard InChI is InChI=1S/C29H37ClN2.C4H9N2.Cs.Y/c1-6-10-22-19-25(28(2,3)4)16-13-23(22)20-32-27(21-14-17-26(30)18-15-21)29(5,31)24-11-8-7-9-12-24;1-2-6-4-3-5-1;;/h8-9,11-12,14-19,23,27H,6,10,13,20,31H2,1-5H3;5H,1-4H2;;/q-2;-1;+1;. The van der Waals surface area contributed by atoms with E-state index in [1.54, 1.807) is 0 Å². The van der Waals surface area contributed by atoms with Crippen LogP contribution in [0.25, 0.3) is 10.6 Å². The van der Waals surface area contributed by atoms with Gasteiger partial charge in [-0.05, 0) is 61.9 Å². The fourth-order valence-corrected chi connectivity index (χ4v) is 5.18. The molecule has 0 spiro atoms. The van der Waals surface area contributed by atoms with Crippen molar-refractivity contribution in [2.24, 2.45) is 17.1 Å². The summed E-state index contributed by atoms with van der Waals surface area (Å²) >= 11 is 6.17. The average molecular weight is 756 g/mol. The number of nitrogens with one attached hydrogen (secondary N) is 1. The number of halogens is 1. The van der Waals surface area contributed by atoms with E-state index in [0.29, 0.717) is 5.92 Å². The van der Waals surface area contributed by atoms with Crippen LogP contribution >= 0.6 is 11.6 Å². The van der Waals surface area contributed by atoms with Crippen molar-refractivity contribution in [3.05, 3.63) is 105 Å². The summed E-state index contributed by atoms with van der Waals surface area (Å²) in [6.07, 6.45) is 8.14. The van der Waals surface area contributed by atoms with Crippen LogP contribution in [-0.2, 0) is 38.2 Å². The van der Waals surface area contributed by atoms with Crippen molar-refractivity contribution in [1.82, 2.24) is 5.32 Å². The van der Waals surface area contributed by atoms with Crippen LogP contribution in [0.5, 0.6) is 0 Å². The Bertz CT molecular complexity index is 1030. The van der Waals surface area contributed by atoms with Gasteiger partial charge in [-0.15, -0.1) is 25.2 Å². The van der Waals surface area contributed by atoms with Gasteiger partial charge in [0.15, 0.2) is 0 Å². The first-order chi connectivity index (χ1) is 18.1. The van der Waals surface area contributed by atoms with E-state index in [2.05, 4.69) is 75.6 Å². The van der Waals surface area contributed by atoms with Crippen LogP contribution in [-0.4, -0.2) is 32.7 Å². The summed E-state index contributed by atoms with van der Waals surface area (Å²) in [5.41, 5.74) is 11.6. The van der Waals surface area contributed by atoms with Gasteiger partial charge in [-0.1, -0.05) is 87.2 Å². The molecule has 1 radical (unpaired) electrons. The largest absolute Gasteiger partial charge is 1.00 e. The summed E-state index contributed by atoms with van der Waals surface area (Å²) in [4.78, 5) is 0. The maximum absolute atomic E-state index is 6.97. The first-order valence-corrected chi connectivity index (χ1v) is 14.4. The molecule has 3 unspecified atom stereocenters. The van der Waals surface area contributed by atoms with Crippen LogP contribution < -0.4 is 79.9 Å². The van der Waals surface area contributed by atoms with E-state index in [0.717, 1.165) is 68.1 Å². The van der Waals surface area contributed by atoms with E-state index >= 15 is 0 Å². The summed E-state index contributed by atoms with van der Waals surface area (Å²) in [5, 5.41) is 13.3. The minimum atomic E-state index is -0.640. The normalized spacial score (nSPS) is 19.3. The Morgan fingerprint density at radius 3 is 2.20 bits per heavy atom. The Morgan fingerprint density at radius 2 is 1.70 bits per heavy atom. The van der Waals surface area contributed by atoms with Crippen molar-refractivity contribution in [3.8, 4) is 0 Å². The van der Waals surface area contributed by atoms with Gasteiger partial charge in [0, 0.05) is 43.3 Å². The predicted molar refractivity (Wildman–Crippen MR) is 164 cm³/mol. The molecule has 0 amide bonds. The summed E-state index contributed by atoms with van der Waals surface area (Å²) in [5.74, 6) is 0.427. The molecule has 1 saturated heterocycles. The maximum atomic E-state index is 6.97. The summed E-state index contributed by atoms with van der Waals surface area (Å²) in [6.45, 7) is 16.2. The zero-order valence-corrected chi connectivity index (χ0v) is 35.4. The van der Waals surface area contributed by atoms with Crippen LogP contribution in [0, 0.1) is 17.4 Å². The summed E-state index contributed by atoms with van der Waals surface area (Å²) in [6, 6.07) is 18.8. The van der Waals surface area contributed by atoms with E-state index in [-0.39, 0.29) is 113 Å². The van der Waals surface area contributed by atoms with Gasteiger partial charge in [0.25, 0.3) is 0 Å². The second-order valence-electron chi connectivity index (χ2n) is 11.6. The Kier molecular flexibility index (Phi) is 19.2. The fourth-order valence-electron chi connectivity index (χ4n) is 5.05. The van der Waals surface area contributed by atoms with E-state index in [9.17, 15) is 0 Å². The number of hydrogen-bond donors (Lipinski definition) is 2. The molecule has 1 heterocycles. The van der Waals surface area contributed by atoms with Crippen LogP contribution in [0.1, 0.15) is 71.0 Å². The van der Waals surface area contributed by atoms with Crippen LogP contribution in [0.2, 0.25) is 5.02 Å². The molecule has 4 rings (SSSR count). The third-order valence-corrected chi connectivity index (χ3v) is 7.64. The van der Waals surface area contributed by atoms with Crippen LogP contribution in [0.4, 0.5) is 0 Å². The van der Waals surface area contributed by atoms with Crippen molar-refractivity contribution in [1.29, 1.82) is 0 Å². The van der Waals surface area contributed by atoms with E-state index in [4.69, 9.17) is 22.7 Å². The molecular weight excluding hydrogens is 710 g/mol. The van der Waals surface area contributed by atoms with Crippen LogP contribution in [0.15, 0.2) is 71.8 Å². The maximum Gasteiger partial charge on any atom is 1.00 e. The Hall–Kier alpha value is 1.21. The minimum absolute atomic E-state index is 0. The van der Waals surface area contributed by atoms with Gasteiger partial charge < -0.3 is 21.7 Å². The summed E-state index contributed by atoms with van der Waals surface area (Å²) in [7, 11) is 0. The first kappa shape index (κ1) is 39.2. The molecule has 2 aliphatic rings. The van der Waals surface area contributed by atoms with Crippen molar-refractivity contribution < 1.29 is 102 Å². The number of rotatable bonds is 8. The van der Waals surface area contributed by atoms with Crippen molar-refractivity contribution in [2.45, 2.75) is 65.5 Å². The molecule has 0 bridgehead atoms. The van der Waals surface area contributed by atoms with Crippen molar-refractivity contribution in [3.63, 3.8) is 0 Å². The van der Waals surface area contributed by atoms with E-state index in [1.165, 1.54) is 11.1 Å². The van der Waals surface area contributed by atoms with Gasteiger partial charge in [-0.2, -0.15) is 30.3 Å². The van der Waals surface area contributed by atoms with Crippen molar-refractivity contribution in [2.75, 3.05) is 32.7 Å². The topological polar surface area (TPSA) is 66.2 Å².